The van der Waals surface area contributed by atoms with Crippen LogP contribution in [-0.2, 0) is 4.57 Å². The van der Waals surface area contributed by atoms with Gasteiger partial charge in [-0.15, -0.1) is 5.73 Å². The molecule has 0 fully saturated rings. The van der Waals surface area contributed by atoms with Crippen LogP contribution in [0.5, 0.6) is 0 Å². The van der Waals surface area contributed by atoms with Crippen LogP contribution in [0.3, 0.4) is 0 Å². The van der Waals surface area contributed by atoms with Crippen LogP contribution in [0, 0.1) is 11.3 Å². The minimum atomic E-state index is -3.12. The van der Waals surface area contributed by atoms with E-state index in [2.05, 4.69) is 18.4 Å². The third-order valence-corrected chi connectivity index (χ3v) is 7.11. The lowest BCUT2D eigenvalue weighted by Crippen LogP contribution is -2.16. The van der Waals surface area contributed by atoms with Gasteiger partial charge in [0, 0.05) is 10.6 Å². The number of benzene rings is 3. The number of nitrogens with zero attached hydrogens (tertiary/aromatic N) is 1. The van der Waals surface area contributed by atoms with Crippen molar-refractivity contribution >= 4 is 23.1 Å². The first-order valence-electron chi connectivity index (χ1n) is 7.82. The second kappa shape index (κ2) is 7.20. The second-order valence-electron chi connectivity index (χ2n) is 5.49. The molecule has 2 nitrogen and oxygen atoms in total. The Balaban J connectivity index is 2.25. The summed E-state index contributed by atoms with van der Waals surface area (Å²) in [7, 11) is -3.12. The highest BCUT2D eigenvalue weighted by atomic mass is 31.2. The Morgan fingerprint density at radius 2 is 1.28 bits per heavy atom. The molecule has 0 amide bonds. The van der Waals surface area contributed by atoms with Crippen LogP contribution in [0.1, 0.15) is 11.1 Å². The molecule has 0 N–H and O–H groups in total. The maximum Gasteiger partial charge on any atom is 0.178 e. The molecule has 3 aromatic rings. The molecule has 0 radical (unpaired) electrons. The Kier molecular flexibility index (Phi) is 4.82. The van der Waals surface area contributed by atoms with Gasteiger partial charge in [-0.05, 0) is 17.7 Å². The van der Waals surface area contributed by atoms with Gasteiger partial charge in [-0.25, -0.2) is 0 Å². The highest BCUT2D eigenvalue weighted by molar-refractivity contribution is 7.87. The molecule has 0 heterocycles. The summed E-state index contributed by atoms with van der Waals surface area (Å²) in [6.07, 6.45) is 0. The topological polar surface area (TPSA) is 40.9 Å². The molecule has 3 heteroatoms. The molecule has 0 saturated heterocycles. The maximum atomic E-state index is 14.3. The average Bonchev–Trinajstić information content (AvgIpc) is 2.70. The molecule has 0 aliphatic rings. The van der Waals surface area contributed by atoms with Gasteiger partial charge in [0.15, 0.2) is 7.14 Å². The van der Waals surface area contributed by atoms with Crippen molar-refractivity contribution in [1.29, 1.82) is 5.26 Å². The van der Waals surface area contributed by atoms with Crippen LogP contribution < -0.4 is 10.6 Å². The summed E-state index contributed by atoms with van der Waals surface area (Å²) in [5.41, 5.74) is 4.23. The Labute approximate surface area is 147 Å². The Morgan fingerprint density at radius 3 is 1.68 bits per heavy atom. The molecule has 3 rings (SSSR count). The molecule has 0 aliphatic heterocycles. The lowest BCUT2D eigenvalue weighted by Gasteiger charge is -2.21. The van der Waals surface area contributed by atoms with Gasteiger partial charge in [-0.3, -0.25) is 0 Å². The fourth-order valence-corrected chi connectivity index (χ4v) is 5.51. The molecule has 3 aromatic carbocycles. The summed E-state index contributed by atoms with van der Waals surface area (Å²) in [6, 6.07) is 27.9. The van der Waals surface area contributed by atoms with Crippen LogP contribution in [0.2, 0.25) is 0 Å². The molecular weight excluding hydrogens is 325 g/mol. The smallest absolute Gasteiger partial charge is 0.178 e. The van der Waals surface area contributed by atoms with Gasteiger partial charge in [-0.2, -0.15) is 5.26 Å². The van der Waals surface area contributed by atoms with Crippen LogP contribution in [-0.4, -0.2) is 0 Å². The minimum Gasteiger partial charge on any atom is -0.308 e. The predicted octanol–water partition coefficient (Wildman–Crippen LogP) is 4.70. The van der Waals surface area contributed by atoms with E-state index in [1.165, 1.54) is 0 Å². The van der Waals surface area contributed by atoms with Crippen molar-refractivity contribution in [1.82, 2.24) is 0 Å². The molecule has 0 bridgehead atoms. The maximum absolute atomic E-state index is 14.3. The Bertz CT molecular complexity index is 966. The van der Waals surface area contributed by atoms with Crippen molar-refractivity contribution in [2.45, 2.75) is 0 Å². The van der Waals surface area contributed by atoms with E-state index in [1.54, 1.807) is 24.3 Å². The first-order chi connectivity index (χ1) is 12.2. The van der Waals surface area contributed by atoms with Crippen LogP contribution in [0.15, 0.2) is 97.2 Å². The number of rotatable bonds is 4. The van der Waals surface area contributed by atoms with E-state index in [0.717, 1.165) is 16.2 Å². The third kappa shape index (κ3) is 3.12. The van der Waals surface area contributed by atoms with Gasteiger partial charge in [-0.1, -0.05) is 79.4 Å². The van der Waals surface area contributed by atoms with Gasteiger partial charge in [0.25, 0.3) is 0 Å². The molecule has 0 saturated carbocycles. The van der Waals surface area contributed by atoms with Crippen LogP contribution in [0.25, 0.3) is 5.31 Å². The van der Waals surface area contributed by atoms with E-state index < -0.39 is 7.14 Å². The van der Waals surface area contributed by atoms with E-state index in [1.807, 2.05) is 60.7 Å². The molecule has 0 atom stereocenters. The lowest BCUT2D eigenvalue weighted by atomic mass is 10.1. The molecule has 120 valence electrons. The standard InChI is InChI=1S/C22H16NOP/c1-2-22(19-15-13-18(17-23)14-16-19)25(24,20-9-5-3-6-10-20)21-11-7-4-8-12-21/h3-16H,1H2. The summed E-state index contributed by atoms with van der Waals surface area (Å²) in [5.74, 6) is 0. The highest BCUT2D eigenvalue weighted by Crippen LogP contribution is 2.55. The lowest BCUT2D eigenvalue weighted by molar-refractivity contribution is 0.593. The normalized spacial score (nSPS) is 10.5. The quantitative estimate of drug-likeness (QED) is 0.510. The van der Waals surface area contributed by atoms with Gasteiger partial charge in [0.05, 0.1) is 16.9 Å². The zero-order chi connectivity index (χ0) is 17.7. The molecule has 0 unspecified atom stereocenters. The van der Waals surface area contributed by atoms with E-state index in [9.17, 15) is 4.57 Å². The first-order valence-corrected chi connectivity index (χ1v) is 9.53. The van der Waals surface area contributed by atoms with Gasteiger partial charge in [0.2, 0.25) is 0 Å². The molecule has 0 aromatic heterocycles. The number of nitriles is 1. The third-order valence-electron chi connectivity index (χ3n) is 4.01. The summed E-state index contributed by atoms with van der Waals surface area (Å²) < 4.78 is 14.3. The van der Waals surface area contributed by atoms with E-state index in [4.69, 9.17) is 5.26 Å². The first kappa shape index (κ1) is 16.7. The highest BCUT2D eigenvalue weighted by Gasteiger charge is 2.32. The van der Waals surface area contributed by atoms with Crippen molar-refractivity contribution in [2.75, 3.05) is 0 Å². The van der Waals surface area contributed by atoms with Gasteiger partial charge in [0.1, 0.15) is 0 Å². The second-order valence-corrected chi connectivity index (χ2v) is 8.19. The molecule has 0 aliphatic carbocycles. The van der Waals surface area contributed by atoms with Crippen molar-refractivity contribution in [3.8, 4) is 6.07 Å². The van der Waals surface area contributed by atoms with Crippen molar-refractivity contribution in [3.63, 3.8) is 0 Å². The van der Waals surface area contributed by atoms with Gasteiger partial charge < -0.3 is 4.57 Å². The monoisotopic (exact) mass is 341 g/mol. The van der Waals surface area contributed by atoms with Crippen molar-refractivity contribution in [3.05, 3.63) is 108 Å². The summed E-state index contributed by atoms with van der Waals surface area (Å²) in [6.45, 7) is 3.80. The van der Waals surface area contributed by atoms with Gasteiger partial charge >= 0.3 is 0 Å². The zero-order valence-electron chi connectivity index (χ0n) is 13.6. The van der Waals surface area contributed by atoms with E-state index >= 15 is 0 Å². The summed E-state index contributed by atoms with van der Waals surface area (Å²) >= 11 is 0. The molecular formula is C22H16NOP. The zero-order valence-corrected chi connectivity index (χ0v) is 14.5. The van der Waals surface area contributed by atoms with E-state index in [0.29, 0.717) is 10.9 Å². The molecule has 25 heavy (non-hydrogen) atoms. The van der Waals surface area contributed by atoms with Crippen molar-refractivity contribution in [2.24, 2.45) is 0 Å². The number of hydrogen-bond donors (Lipinski definition) is 0. The Morgan fingerprint density at radius 1 is 0.800 bits per heavy atom. The fourth-order valence-electron chi connectivity index (χ4n) is 2.78. The summed E-state index contributed by atoms with van der Waals surface area (Å²) in [4.78, 5) is 0. The van der Waals surface area contributed by atoms with Crippen molar-refractivity contribution < 1.29 is 4.57 Å². The van der Waals surface area contributed by atoms with Crippen LogP contribution in [0.4, 0.5) is 0 Å². The SMILES string of the molecule is C=C=C(c1ccc(C#N)cc1)P(=O)(c1ccccc1)c1ccccc1. The predicted molar refractivity (Wildman–Crippen MR) is 103 cm³/mol. The largest absolute Gasteiger partial charge is 0.308 e. The fraction of sp³-hybridized carbons (Fsp3) is 0. The Hall–Kier alpha value is -3.10. The van der Waals surface area contributed by atoms with Crippen LogP contribution >= 0.6 is 7.14 Å². The summed E-state index contributed by atoms with van der Waals surface area (Å²) in [5, 5.41) is 11.0. The average molecular weight is 341 g/mol. The number of hydrogen-bond acceptors (Lipinski definition) is 2. The minimum absolute atomic E-state index is 0.550. The molecule has 0 spiro atoms. The van der Waals surface area contributed by atoms with E-state index in [-0.39, 0.29) is 0 Å².